The van der Waals surface area contributed by atoms with Crippen molar-refractivity contribution >= 4 is 0 Å². The van der Waals surface area contributed by atoms with E-state index in [1.54, 1.807) is 6.07 Å². The Morgan fingerprint density at radius 2 is 2.20 bits per heavy atom. The van der Waals surface area contributed by atoms with Crippen molar-refractivity contribution in [3.8, 4) is 22.9 Å². The van der Waals surface area contributed by atoms with Gasteiger partial charge in [-0.15, -0.1) is 0 Å². The van der Waals surface area contributed by atoms with Crippen molar-refractivity contribution in [3.63, 3.8) is 0 Å². The third-order valence-electron chi connectivity index (χ3n) is 4.03. The van der Waals surface area contributed by atoms with E-state index >= 15 is 0 Å². The molecule has 0 radical (unpaired) electrons. The van der Waals surface area contributed by atoms with Crippen LogP contribution in [0.2, 0.25) is 0 Å². The Labute approximate surface area is 116 Å². The van der Waals surface area contributed by atoms with Crippen LogP contribution in [0.4, 0.5) is 0 Å². The Morgan fingerprint density at radius 3 is 2.85 bits per heavy atom. The first-order valence-electron chi connectivity index (χ1n) is 6.72. The van der Waals surface area contributed by atoms with Crippen molar-refractivity contribution in [2.45, 2.75) is 25.2 Å². The maximum atomic E-state index is 9.53. The monoisotopic (exact) mass is 275 g/mol. The van der Waals surface area contributed by atoms with Gasteiger partial charge in [-0.1, -0.05) is 12.1 Å². The fraction of sp³-hybridized carbons (Fsp3) is 0.429. The van der Waals surface area contributed by atoms with E-state index in [0.29, 0.717) is 17.3 Å². The predicted octanol–water partition coefficient (Wildman–Crippen LogP) is 1.79. The molecule has 0 aliphatic carbocycles. The maximum absolute atomic E-state index is 9.53. The molecule has 1 aromatic carbocycles. The van der Waals surface area contributed by atoms with E-state index in [9.17, 15) is 10.2 Å². The average Bonchev–Trinajstić information content (AvgIpc) is 3.10. The summed E-state index contributed by atoms with van der Waals surface area (Å²) in [5.74, 6) is 0.701. The van der Waals surface area contributed by atoms with Gasteiger partial charge in [0.05, 0.1) is 5.41 Å². The number of aromatic nitrogens is 2. The minimum atomic E-state index is -0.193. The molecule has 6 nitrogen and oxygen atoms in total. The zero-order valence-corrected chi connectivity index (χ0v) is 11.3. The first-order valence-corrected chi connectivity index (χ1v) is 6.72. The molecule has 6 heteroatoms. The van der Waals surface area contributed by atoms with Crippen LogP contribution in [0.5, 0.6) is 11.5 Å². The predicted molar refractivity (Wildman–Crippen MR) is 72.5 cm³/mol. The van der Waals surface area contributed by atoms with Gasteiger partial charge in [0.1, 0.15) is 0 Å². The van der Waals surface area contributed by atoms with Crippen LogP contribution in [0.15, 0.2) is 22.7 Å². The van der Waals surface area contributed by atoms with E-state index in [2.05, 4.69) is 22.4 Å². The molecule has 20 heavy (non-hydrogen) atoms. The number of phenols is 2. The molecular formula is C14H17N3O3. The number of nitrogens with one attached hydrogen (secondary N) is 1. The molecule has 106 valence electrons. The fourth-order valence-electron chi connectivity index (χ4n) is 2.60. The highest BCUT2D eigenvalue weighted by atomic mass is 16.5. The Kier molecular flexibility index (Phi) is 3.10. The van der Waals surface area contributed by atoms with Crippen molar-refractivity contribution in [2.75, 3.05) is 13.1 Å². The molecule has 1 fully saturated rings. The molecule has 3 N–H and O–H groups in total. The SMILES string of the molecule is CCC1(c2nc(-c3ccc(O)c(O)c3)no2)CCNC1. The van der Waals surface area contributed by atoms with E-state index in [0.717, 1.165) is 25.9 Å². The largest absolute Gasteiger partial charge is 0.504 e. The number of hydrogen-bond donors (Lipinski definition) is 3. The van der Waals surface area contributed by atoms with Crippen LogP contribution < -0.4 is 5.32 Å². The van der Waals surface area contributed by atoms with E-state index in [1.807, 2.05) is 0 Å². The quantitative estimate of drug-likeness (QED) is 0.740. The summed E-state index contributed by atoms with van der Waals surface area (Å²) in [5.41, 5.74) is 0.525. The minimum absolute atomic E-state index is 0.0930. The summed E-state index contributed by atoms with van der Waals surface area (Å²) in [6, 6.07) is 4.48. The molecule has 1 aliphatic heterocycles. The second-order valence-corrected chi connectivity index (χ2v) is 5.19. The lowest BCUT2D eigenvalue weighted by Crippen LogP contribution is -2.28. The second kappa shape index (κ2) is 4.79. The minimum Gasteiger partial charge on any atom is -0.504 e. The fourth-order valence-corrected chi connectivity index (χ4v) is 2.60. The summed E-state index contributed by atoms with van der Waals surface area (Å²) in [5, 5.41) is 26.2. The van der Waals surface area contributed by atoms with Crippen LogP contribution in [0.3, 0.4) is 0 Å². The van der Waals surface area contributed by atoms with Crippen LogP contribution in [-0.4, -0.2) is 33.4 Å². The molecular weight excluding hydrogens is 258 g/mol. The topological polar surface area (TPSA) is 91.4 Å². The molecule has 3 rings (SSSR count). The van der Waals surface area contributed by atoms with Gasteiger partial charge in [0.25, 0.3) is 0 Å². The number of rotatable bonds is 3. The van der Waals surface area contributed by atoms with Crippen LogP contribution in [0.25, 0.3) is 11.4 Å². The standard InChI is InChI=1S/C14H17N3O3/c1-2-14(5-6-15-8-14)13-16-12(17-20-13)9-3-4-10(18)11(19)7-9/h3-4,7,15,18-19H,2,5-6,8H2,1H3. The normalized spacial score (nSPS) is 22.2. The smallest absolute Gasteiger partial charge is 0.234 e. The van der Waals surface area contributed by atoms with Crippen LogP contribution in [0, 0.1) is 0 Å². The molecule has 2 aromatic rings. The van der Waals surface area contributed by atoms with Gasteiger partial charge >= 0.3 is 0 Å². The number of benzene rings is 1. The number of phenolic OH excluding ortho intramolecular Hbond substituents is 2. The van der Waals surface area contributed by atoms with Crippen molar-refractivity contribution in [1.29, 1.82) is 0 Å². The second-order valence-electron chi connectivity index (χ2n) is 5.19. The molecule has 0 amide bonds. The Morgan fingerprint density at radius 1 is 1.35 bits per heavy atom. The van der Waals surface area contributed by atoms with Crippen molar-refractivity contribution in [2.24, 2.45) is 0 Å². The summed E-state index contributed by atoms with van der Waals surface area (Å²) in [4.78, 5) is 4.47. The Hall–Kier alpha value is -2.08. The van der Waals surface area contributed by atoms with Crippen LogP contribution >= 0.6 is 0 Å². The summed E-state index contributed by atoms with van der Waals surface area (Å²) < 4.78 is 5.42. The summed E-state index contributed by atoms with van der Waals surface area (Å²) in [6.07, 6.45) is 1.91. The molecule has 1 saturated heterocycles. The summed E-state index contributed by atoms with van der Waals surface area (Å²) in [7, 11) is 0. The van der Waals surface area contributed by atoms with Gasteiger partial charge in [-0.05, 0) is 37.6 Å². The molecule has 0 spiro atoms. The van der Waals surface area contributed by atoms with Crippen LogP contribution in [0.1, 0.15) is 25.7 Å². The van der Waals surface area contributed by atoms with Gasteiger partial charge in [-0.2, -0.15) is 4.98 Å². The number of hydrogen-bond acceptors (Lipinski definition) is 6. The first kappa shape index (κ1) is 12.9. The van der Waals surface area contributed by atoms with Crippen LogP contribution in [-0.2, 0) is 5.41 Å². The van der Waals surface area contributed by atoms with Gasteiger partial charge in [0.2, 0.25) is 11.7 Å². The third-order valence-corrected chi connectivity index (χ3v) is 4.03. The average molecular weight is 275 g/mol. The van der Waals surface area contributed by atoms with Gasteiger partial charge < -0.3 is 20.1 Å². The number of nitrogens with zero attached hydrogens (tertiary/aromatic N) is 2. The molecule has 2 heterocycles. The van der Waals surface area contributed by atoms with Gasteiger partial charge in [0.15, 0.2) is 11.5 Å². The summed E-state index contributed by atoms with van der Waals surface area (Å²) >= 11 is 0. The zero-order chi connectivity index (χ0) is 14.2. The molecule has 1 atom stereocenters. The lowest BCUT2D eigenvalue weighted by Gasteiger charge is -2.20. The van der Waals surface area contributed by atoms with E-state index in [-0.39, 0.29) is 16.9 Å². The van der Waals surface area contributed by atoms with Gasteiger partial charge in [-0.3, -0.25) is 0 Å². The van der Waals surface area contributed by atoms with E-state index < -0.39 is 0 Å². The van der Waals surface area contributed by atoms with Crippen molar-refractivity contribution in [1.82, 2.24) is 15.5 Å². The molecule has 1 unspecified atom stereocenters. The number of aromatic hydroxyl groups is 2. The molecule has 0 saturated carbocycles. The van der Waals surface area contributed by atoms with Gasteiger partial charge in [0, 0.05) is 12.1 Å². The zero-order valence-electron chi connectivity index (χ0n) is 11.3. The van der Waals surface area contributed by atoms with E-state index in [1.165, 1.54) is 12.1 Å². The first-order chi connectivity index (χ1) is 9.64. The third kappa shape index (κ3) is 2.02. The van der Waals surface area contributed by atoms with Crippen molar-refractivity contribution in [3.05, 3.63) is 24.1 Å². The van der Waals surface area contributed by atoms with E-state index in [4.69, 9.17) is 4.52 Å². The maximum Gasteiger partial charge on any atom is 0.234 e. The van der Waals surface area contributed by atoms with Gasteiger partial charge in [-0.25, -0.2) is 0 Å². The lowest BCUT2D eigenvalue weighted by molar-refractivity contribution is 0.285. The molecule has 1 aliphatic rings. The highest BCUT2D eigenvalue weighted by molar-refractivity contribution is 5.60. The Bertz CT molecular complexity index is 618. The lowest BCUT2D eigenvalue weighted by atomic mass is 9.84. The highest BCUT2D eigenvalue weighted by Gasteiger charge is 2.39. The molecule has 1 aromatic heterocycles. The molecule has 0 bridgehead atoms. The highest BCUT2D eigenvalue weighted by Crippen LogP contribution is 2.35. The summed E-state index contributed by atoms with van der Waals surface area (Å²) in [6.45, 7) is 3.90. The van der Waals surface area contributed by atoms with Crippen molar-refractivity contribution < 1.29 is 14.7 Å². The Balaban J connectivity index is 1.95.